The lowest BCUT2D eigenvalue weighted by atomic mass is 9.95. The largest absolute Gasteiger partial charge is 0.310 e. The van der Waals surface area contributed by atoms with Crippen LogP contribution >= 0.6 is 11.3 Å². The molecule has 0 amide bonds. The van der Waals surface area contributed by atoms with Crippen molar-refractivity contribution in [1.82, 2.24) is 0 Å². The SMILES string of the molecule is c1ccc(-c2ccc(-c3ccc(N(c4ccc5sc6c7ccccc7c(-c7ccccc7)cc6c5c4)c4cccc5ccccc45)cc3)cc2)cc1. The molecule has 10 rings (SSSR count). The summed E-state index contributed by atoms with van der Waals surface area (Å²) in [6.45, 7) is 0. The third-order valence-electron chi connectivity index (χ3n) is 10.3. The smallest absolute Gasteiger partial charge is 0.0540 e. The second-order valence-electron chi connectivity index (χ2n) is 13.3. The monoisotopic (exact) mass is 679 g/mol. The predicted molar refractivity (Wildman–Crippen MR) is 225 cm³/mol. The Hall–Kier alpha value is -6.48. The van der Waals surface area contributed by atoms with Crippen LogP contribution in [-0.4, -0.2) is 0 Å². The van der Waals surface area contributed by atoms with Gasteiger partial charge in [-0.2, -0.15) is 0 Å². The van der Waals surface area contributed by atoms with E-state index >= 15 is 0 Å². The van der Waals surface area contributed by atoms with E-state index < -0.39 is 0 Å². The van der Waals surface area contributed by atoms with Crippen molar-refractivity contribution in [3.63, 3.8) is 0 Å². The van der Waals surface area contributed by atoms with Gasteiger partial charge in [0.2, 0.25) is 0 Å². The predicted octanol–water partition coefficient (Wildman–Crippen LogP) is 14.8. The second-order valence-corrected chi connectivity index (χ2v) is 14.4. The number of hydrogen-bond donors (Lipinski definition) is 0. The number of benzene rings is 9. The number of thiophene rings is 1. The van der Waals surface area contributed by atoms with Gasteiger partial charge in [0.25, 0.3) is 0 Å². The highest BCUT2D eigenvalue weighted by Gasteiger charge is 2.19. The van der Waals surface area contributed by atoms with Crippen molar-refractivity contribution in [3.8, 4) is 33.4 Å². The minimum Gasteiger partial charge on any atom is -0.310 e. The van der Waals surface area contributed by atoms with Crippen LogP contribution in [0, 0.1) is 0 Å². The summed E-state index contributed by atoms with van der Waals surface area (Å²) in [5.74, 6) is 0. The minimum atomic E-state index is 1.12. The third kappa shape index (κ3) is 5.24. The first-order valence-corrected chi connectivity index (χ1v) is 18.6. The summed E-state index contributed by atoms with van der Waals surface area (Å²) in [5, 5.41) is 7.62. The lowest BCUT2D eigenvalue weighted by Gasteiger charge is -2.27. The number of nitrogens with zero attached hydrogens (tertiary/aromatic N) is 1. The highest BCUT2D eigenvalue weighted by atomic mass is 32.1. The molecule has 244 valence electrons. The summed E-state index contributed by atoms with van der Waals surface area (Å²) in [5.41, 5.74) is 10.8. The van der Waals surface area contributed by atoms with Crippen LogP contribution in [0.25, 0.3) is 75.1 Å². The van der Waals surface area contributed by atoms with Crippen LogP contribution in [0.4, 0.5) is 17.1 Å². The van der Waals surface area contributed by atoms with Crippen LogP contribution in [-0.2, 0) is 0 Å². The molecule has 1 aromatic heterocycles. The number of rotatable bonds is 6. The molecule has 0 saturated heterocycles. The number of fused-ring (bicyclic) bond motifs is 6. The number of anilines is 3. The molecule has 0 aliphatic carbocycles. The highest BCUT2D eigenvalue weighted by molar-refractivity contribution is 7.26. The summed E-state index contributed by atoms with van der Waals surface area (Å²) in [4.78, 5) is 2.42. The van der Waals surface area contributed by atoms with Crippen molar-refractivity contribution in [2.24, 2.45) is 0 Å². The molecule has 0 aliphatic heterocycles. The van der Waals surface area contributed by atoms with E-state index in [-0.39, 0.29) is 0 Å². The molecule has 0 bridgehead atoms. The van der Waals surface area contributed by atoms with E-state index in [9.17, 15) is 0 Å². The molecule has 0 atom stereocenters. The van der Waals surface area contributed by atoms with E-state index in [1.165, 1.54) is 75.1 Å². The van der Waals surface area contributed by atoms with E-state index in [1.54, 1.807) is 0 Å². The molecule has 0 unspecified atom stereocenters. The fraction of sp³-hybridized carbons (Fsp3) is 0. The van der Waals surface area contributed by atoms with Crippen LogP contribution in [0.3, 0.4) is 0 Å². The zero-order valence-electron chi connectivity index (χ0n) is 28.4. The van der Waals surface area contributed by atoms with Gasteiger partial charge in [-0.25, -0.2) is 0 Å². The Morgan fingerprint density at radius 3 is 1.58 bits per heavy atom. The van der Waals surface area contributed by atoms with Crippen LogP contribution in [0.1, 0.15) is 0 Å². The normalized spacial score (nSPS) is 11.5. The van der Waals surface area contributed by atoms with Crippen LogP contribution < -0.4 is 4.90 Å². The Bertz CT molecular complexity index is 2870. The molecule has 0 N–H and O–H groups in total. The van der Waals surface area contributed by atoms with Gasteiger partial charge in [0.1, 0.15) is 0 Å². The first-order valence-electron chi connectivity index (χ1n) is 17.8. The van der Waals surface area contributed by atoms with Gasteiger partial charge in [-0.15, -0.1) is 11.3 Å². The summed E-state index contributed by atoms with van der Waals surface area (Å²) < 4.78 is 2.63. The Labute approximate surface area is 307 Å². The maximum absolute atomic E-state index is 2.42. The van der Waals surface area contributed by atoms with Gasteiger partial charge in [-0.3, -0.25) is 0 Å². The molecule has 0 spiro atoms. The third-order valence-corrected chi connectivity index (χ3v) is 11.5. The van der Waals surface area contributed by atoms with Gasteiger partial charge >= 0.3 is 0 Å². The molecule has 0 aliphatic rings. The Morgan fingerprint density at radius 2 is 0.865 bits per heavy atom. The molecular weight excluding hydrogens is 647 g/mol. The van der Waals surface area contributed by atoms with E-state index in [0.717, 1.165) is 17.1 Å². The summed E-state index contributed by atoms with van der Waals surface area (Å²) in [6, 6.07) is 72.8. The van der Waals surface area contributed by atoms with E-state index in [4.69, 9.17) is 0 Å². The van der Waals surface area contributed by atoms with E-state index in [1.807, 2.05) is 11.3 Å². The van der Waals surface area contributed by atoms with E-state index in [2.05, 4.69) is 205 Å². The standard InChI is InChI=1S/C50H33NS/c1-3-12-34(13-4-1)35-22-24-36(25-23-35)37-26-28-40(29-27-37)51(48-21-11-17-38-16-7-8-18-42(38)48)41-30-31-49-46(32-41)47-33-45(39-14-5-2-6-15-39)43-19-9-10-20-44(43)50(47)52-49/h1-33H. The Kier molecular flexibility index (Phi) is 7.41. The van der Waals surface area contributed by atoms with Crippen molar-refractivity contribution < 1.29 is 0 Å². The average Bonchev–Trinajstić information content (AvgIpc) is 3.60. The summed E-state index contributed by atoms with van der Waals surface area (Å²) in [7, 11) is 0. The summed E-state index contributed by atoms with van der Waals surface area (Å²) >= 11 is 1.89. The molecule has 1 heterocycles. The first-order chi connectivity index (χ1) is 25.8. The van der Waals surface area contributed by atoms with E-state index in [0.29, 0.717) is 0 Å². The van der Waals surface area contributed by atoms with Gasteiger partial charge < -0.3 is 4.90 Å². The summed E-state index contributed by atoms with van der Waals surface area (Å²) in [6.07, 6.45) is 0. The van der Waals surface area contributed by atoms with Gasteiger partial charge in [0.05, 0.1) is 5.69 Å². The molecule has 9 aromatic carbocycles. The zero-order chi connectivity index (χ0) is 34.4. The quantitative estimate of drug-likeness (QED) is 0.169. The maximum atomic E-state index is 2.42. The van der Waals surface area contributed by atoms with Gasteiger partial charge in [0.15, 0.2) is 0 Å². The van der Waals surface area contributed by atoms with Gasteiger partial charge in [0, 0.05) is 42.3 Å². The van der Waals surface area contributed by atoms with Crippen molar-refractivity contribution in [2.45, 2.75) is 0 Å². The lowest BCUT2D eigenvalue weighted by Crippen LogP contribution is -2.10. The zero-order valence-corrected chi connectivity index (χ0v) is 29.2. The fourth-order valence-corrected chi connectivity index (χ4v) is 8.90. The molecule has 10 aromatic rings. The number of hydrogen-bond acceptors (Lipinski definition) is 2. The van der Waals surface area contributed by atoms with Gasteiger partial charge in [-0.1, -0.05) is 158 Å². The molecule has 1 nitrogen and oxygen atoms in total. The molecule has 0 fully saturated rings. The molecular formula is C50H33NS. The molecule has 2 heteroatoms. The van der Waals surface area contributed by atoms with Crippen molar-refractivity contribution in [2.75, 3.05) is 4.90 Å². The molecule has 52 heavy (non-hydrogen) atoms. The van der Waals surface area contributed by atoms with Crippen LogP contribution in [0.5, 0.6) is 0 Å². The highest BCUT2D eigenvalue weighted by Crippen LogP contribution is 2.46. The average molecular weight is 680 g/mol. The molecule has 0 radical (unpaired) electrons. The fourth-order valence-electron chi connectivity index (χ4n) is 7.70. The lowest BCUT2D eigenvalue weighted by molar-refractivity contribution is 1.30. The topological polar surface area (TPSA) is 3.24 Å². The van der Waals surface area contributed by atoms with Crippen molar-refractivity contribution in [1.29, 1.82) is 0 Å². The second kappa shape index (κ2) is 12.7. The molecule has 0 saturated carbocycles. The van der Waals surface area contributed by atoms with Crippen LogP contribution in [0.2, 0.25) is 0 Å². The van der Waals surface area contributed by atoms with Crippen LogP contribution in [0.15, 0.2) is 200 Å². The minimum absolute atomic E-state index is 1.12. The first kappa shape index (κ1) is 30.4. The maximum Gasteiger partial charge on any atom is 0.0540 e. The van der Waals surface area contributed by atoms with Crippen molar-refractivity contribution in [3.05, 3.63) is 200 Å². The Balaban J connectivity index is 1.13. The Morgan fingerprint density at radius 1 is 0.327 bits per heavy atom. The van der Waals surface area contributed by atoms with Gasteiger partial charge in [-0.05, 0) is 86.6 Å². The van der Waals surface area contributed by atoms with Crippen molar-refractivity contribution >= 4 is 70.1 Å².